The highest BCUT2D eigenvalue weighted by Gasteiger charge is 2.16. The summed E-state index contributed by atoms with van der Waals surface area (Å²) in [4.78, 5) is 14.0. The number of hydrogen-bond donors (Lipinski definition) is 2. The van der Waals surface area contributed by atoms with E-state index < -0.39 is 0 Å². The summed E-state index contributed by atoms with van der Waals surface area (Å²) in [5.74, 6) is 0.0956. The van der Waals surface area contributed by atoms with Gasteiger partial charge in [-0.2, -0.15) is 10.4 Å². The van der Waals surface area contributed by atoms with Crippen molar-refractivity contribution >= 4 is 11.7 Å². The second-order valence-corrected chi connectivity index (χ2v) is 4.91. The van der Waals surface area contributed by atoms with Gasteiger partial charge in [0.25, 0.3) is 0 Å². The summed E-state index contributed by atoms with van der Waals surface area (Å²) in [7, 11) is 0. The molecule has 0 atom stereocenters. The first-order valence-corrected chi connectivity index (χ1v) is 7.36. The molecule has 7 heteroatoms. The van der Waals surface area contributed by atoms with Gasteiger partial charge in [0, 0.05) is 6.54 Å². The third kappa shape index (κ3) is 4.16. The van der Waals surface area contributed by atoms with Crippen LogP contribution < -0.4 is 5.32 Å². The molecule has 1 heterocycles. The van der Waals surface area contributed by atoms with E-state index in [2.05, 4.69) is 10.4 Å². The topological polar surface area (TPSA) is 94.2 Å². The molecule has 7 nitrogen and oxygen atoms in total. The first kappa shape index (κ1) is 16.7. The molecule has 0 spiro atoms. The number of amides is 1. The molecule has 0 radical (unpaired) electrons. The number of rotatable bonds is 7. The predicted molar refractivity (Wildman–Crippen MR) is 86.1 cm³/mol. The minimum atomic E-state index is -0.255. The van der Waals surface area contributed by atoms with E-state index in [-0.39, 0.29) is 19.1 Å². The zero-order chi connectivity index (χ0) is 16.7. The molecule has 0 fully saturated rings. The summed E-state index contributed by atoms with van der Waals surface area (Å²) in [5.41, 5.74) is 1.06. The number of aliphatic hydroxyl groups excluding tert-OH is 1. The first-order valence-electron chi connectivity index (χ1n) is 7.36. The number of para-hydroxylation sites is 1. The van der Waals surface area contributed by atoms with Gasteiger partial charge in [0.1, 0.15) is 11.6 Å². The van der Waals surface area contributed by atoms with E-state index in [0.717, 1.165) is 5.69 Å². The van der Waals surface area contributed by atoms with Crippen LogP contribution in [0.2, 0.25) is 0 Å². The third-order valence-electron chi connectivity index (χ3n) is 3.38. The summed E-state index contributed by atoms with van der Waals surface area (Å²) in [6, 6.07) is 11.3. The van der Waals surface area contributed by atoms with Crippen molar-refractivity contribution in [1.29, 1.82) is 5.26 Å². The molecule has 2 rings (SSSR count). The van der Waals surface area contributed by atoms with Crippen LogP contribution in [-0.4, -0.2) is 51.9 Å². The van der Waals surface area contributed by atoms with Gasteiger partial charge in [-0.3, -0.25) is 9.69 Å². The largest absolute Gasteiger partial charge is 0.395 e. The molecule has 0 bridgehead atoms. The van der Waals surface area contributed by atoms with Crippen LogP contribution in [0.4, 0.5) is 5.82 Å². The van der Waals surface area contributed by atoms with Crippen molar-refractivity contribution in [3.8, 4) is 11.8 Å². The molecule has 0 aliphatic heterocycles. The lowest BCUT2D eigenvalue weighted by Crippen LogP contribution is -2.35. The minimum Gasteiger partial charge on any atom is -0.395 e. The van der Waals surface area contributed by atoms with Crippen molar-refractivity contribution < 1.29 is 9.90 Å². The molecule has 1 aromatic carbocycles. The molecule has 0 unspecified atom stereocenters. The highest BCUT2D eigenvalue weighted by molar-refractivity contribution is 5.92. The van der Waals surface area contributed by atoms with Crippen molar-refractivity contribution in [3.63, 3.8) is 0 Å². The smallest absolute Gasteiger partial charge is 0.239 e. The molecular formula is C16H19N5O2. The van der Waals surface area contributed by atoms with Gasteiger partial charge in [0.2, 0.25) is 5.91 Å². The number of nitrogens with zero attached hydrogens (tertiary/aromatic N) is 4. The van der Waals surface area contributed by atoms with Gasteiger partial charge in [0.05, 0.1) is 25.0 Å². The average molecular weight is 313 g/mol. The lowest BCUT2D eigenvalue weighted by atomic mass is 10.3. The predicted octanol–water partition coefficient (Wildman–Crippen LogP) is 0.997. The third-order valence-corrected chi connectivity index (χ3v) is 3.38. The number of carbonyl (C=O) groups is 1. The molecular weight excluding hydrogens is 294 g/mol. The molecule has 23 heavy (non-hydrogen) atoms. The Morgan fingerprint density at radius 3 is 2.78 bits per heavy atom. The lowest BCUT2D eigenvalue weighted by Gasteiger charge is -2.18. The van der Waals surface area contributed by atoms with Crippen molar-refractivity contribution in [2.24, 2.45) is 0 Å². The fourth-order valence-electron chi connectivity index (χ4n) is 2.18. The standard InChI is InChI=1S/C16H19N5O2/c1-2-20(8-9-22)12-15(23)19-16-13(10-17)11-18-21(16)14-6-4-3-5-7-14/h3-7,11,22H,2,8-9,12H2,1H3,(H,19,23). The Bertz CT molecular complexity index is 690. The first-order chi connectivity index (χ1) is 11.2. The Kier molecular flexibility index (Phi) is 5.86. The Morgan fingerprint density at radius 1 is 1.43 bits per heavy atom. The van der Waals surface area contributed by atoms with Crippen LogP contribution >= 0.6 is 0 Å². The van der Waals surface area contributed by atoms with Gasteiger partial charge in [0.15, 0.2) is 5.82 Å². The fourth-order valence-corrected chi connectivity index (χ4v) is 2.18. The van der Waals surface area contributed by atoms with Crippen molar-refractivity contribution in [2.75, 3.05) is 31.6 Å². The Morgan fingerprint density at radius 2 is 2.17 bits per heavy atom. The quantitative estimate of drug-likeness (QED) is 0.795. The van der Waals surface area contributed by atoms with Crippen LogP contribution in [0.3, 0.4) is 0 Å². The van der Waals surface area contributed by atoms with Gasteiger partial charge >= 0.3 is 0 Å². The number of benzene rings is 1. The molecule has 1 amide bonds. The maximum atomic E-state index is 12.2. The van der Waals surface area contributed by atoms with Gasteiger partial charge in [-0.15, -0.1) is 0 Å². The van der Waals surface area contributed by atoms with E-state index in [0.29, 0.717) is 24.5 Å². The fraction of sp³-hybridized carbons (Fsp3) is 0.312. The average Bonchev–Trinajstić information content (AvgIpc) is 2.97. The van der Waals surface area contributed by atoms with Gasteiger partial charge in [-0.05, 0) is 18.7 Å². The van der Waals surface area contributed by atoms with E-state index >= 15 is 0 Å². The van der Waals surface area contributed by atoms with Crippen LogP contribution in [0.5, 0.6) is 0 Å². The second-order valence-electron chi connectivity index (χ2n) is 4.91. The number of anilines is 1. The SMILES string of the molecule is CCN(CCO)CC(=O)Nc1c(C#N)cnn1-c1ccccc1. The van der Waals surface area contributed by atoms with E-state index in [1.807, 2.05) is 48.2 Å². The van der Waals surface area contributed by atoms with E-state index in [1.165, 1.54) is 10.9 Å². The maximum Gasteiger partial charge on any atom is 0.239 e. The molecule has 120 valence electrons. The number of nitriles is 1. The van der Waals surface area contributed by atoms with Crippen LogP contribution in [0, 0.1) is 11.3 Å². The molecule has 1 aromatic heterocycles. The maximum absolute atomic E-state index is 12.2. The monoisotopic (exact) mass is 313 g/mol. The van der Waals surface area contributed by atoms with Crippen molar-refractivity contribution in [1.82, 2.24) is 14.7 Å². The zero-order valence-electron chi connectivity index (χ0n) is 12.9. The Balaban J connectivity index is 2.20. The number of carbonyl (C=O) groups excluding carboxylic acids is 1. The summed E-state index contributed by atoms with van der Waals surface area (Å²) < 4.78 is 1.53. The molecule has 0 saturated carbocycles. The minimum absolute atomic E-state index is 0.00743. The summed E-state index contributed by atoms with van der Waals surface area (Å²) in [5, 5.41) is 25.1. The molecule has 0 aliphatic rings. The highest BCUT2D eigenvalue weighted by Crippen LogP contribution is 2.19. The van der Waals surface area contributed by atoms with Crippen LogP contribution in [0.1, 0.15) is 12.5 Å². The van der Waals surface area contributed by atoms with Gasteiger partial charge in [-0.1, -0.05) is 25.1 Å². The van der Waals surface area contributed by atoms with E-state index in [9.17, 15) is 10.1 Å². The van der Waals surface area contributed by atoms with E-state index in [4.69, 9.17) is 5.11 Å². The van der Waals surface area contributed by atoms with Gasteiger partial charge in [-0.25, -0.2) is 4.68 Å². The molecule has 0 saturated heterocycles. The zero-order valence-corrected chi connectivity index (χ0v) is 12.9. The molecule has 2 aromatic rings. The number of hydrogen-bond acceptors (Lipinski definition) is 5. The molecule has 0 aliphatic carbocycles. The number of likely N-dealkylation sites (N-methyl/N-ethyl adjacent to an activating group) is 1. The summed E-state index contributed by atoms with van der Waals surface area (Å²) in [6.45, 7) is 3.12. The van der Waals surface area contributed by atoms with Crippen molar-refractivity contribution in [3.05, 3.63) is 42.1 Å². The van der Waals surface area contributed by atoms with E-state index in [1.54, 1.807) is 0 Å². The Hall–Kier alpha value is -2.69. The number of aliphatic hydroxyl groups is 1. The van der Waals surface area contributed by atoms with Crippen LogP contribution in [0.25, 0.3) is 5.69 Å². The lowest BCUT2D eigenvalue weighted by molar-refractivity contribution is -0.117. The normalized spacial score (nSPS) is 10.5. The highest BCUT2D eigenvalue weighted by atomic mass is 16.3. The van der Waals surface area contributed by atoms with Crippen LogP contribution in [-0.2, 0) is 4.79 Å². The van der Waals surface area contributed by atoms with Crippen molar-refractivity contribution in [2.45, 2.75) is 6.92 Å². The van der Waals surface area contributed by atoms with Crippen LogP contribution in [0.15, 0.2) is 36.5 Å². The summed E-state index contributed by atoms with van der Waals surface area (Å²) in [6.07, 6.45) is 1.42. The molecule has 2 N–H and O–H groups in total. The number of nitrogens with one attached hydrogen (secondary N) is 1. The van der Waals surface area contributed by atoms with Gasteiger partial charge < -0.3 is 10.4 Å². The summed E-state index contributed by atoms with van der Waals surface area (Å²) >= 11 is 0. The second kappa shape index (κ2) is 8.08. The Labute approximate surface area is 134 Å². The number of aromatic nitrogens is 2.